The number of hydrogen-bond acceptors (Lipinski definition) is 6. The van der Waals surface area contributed by atoms with Gasteiger partial charge in [-0.2, -0.15) is 5.26 Å². The molecule has 1 aromatic carbocycles. The third-order valence-corrected chi connectivity index (χ3v) is 3.78. The van der Waals surface area contributed by atoms with Gasteiger partial charge in [0.25, 0.3) is 0 Å². The fraction of sp³-hybridized carbons (Fsp3) is 0.267. The van der Waals surface area contributed by atoms with Crippen molar-refractivity contribution in [2.75, 3.05) is 12.4 Å². The number of carbonyl (C=O) groups excluding carboxylic acids is 2. The molecule has 1 aromatic rings. The fourth-order valence-electron chi connectivity index (χ4n) is 1.46. The van der Waals surface area contributed by atoms with E-state index in [1.807, 2.05) is 12.1 Å². The first-order chi connectivity index (χ1) is 10.4. The molecular formula is C15H15ClN2O3S. The Morgan fingerprint density at radius 2 is 2.00 bits per heavy atom. The molecule has 0 aliphatic rings. The number of nitrogens with zero attached hydrogens (tertiary/aromatic N) is 1. The van der Waals surface area contributed by atoms with Gasteiger partial charge in [0, 0.05) is 16.5 Å². The number of ether oxygens (including phenoxy) is 1. The first-order valence-electron chi connectivity index (χ1n) is 6.31. The predicted octanol–water partition coefficient (Wildman–Crippen LogP) is 2.44. The Bertz CT molecular complexity index is 617. The molecule has 0 bridgehead atoms. The zero-order valence-corrected chi connectivity index (χ0v) is 13.5. The van der Waals surface area contributed by atoms with E-state index in [0.717, 1.165) is 5.56 Å². The lowest BCUT2D eigenvalue weighted by Gasteiger charge is -2.05. The predicted molar refractivity (Wildman–Crippen MR) is 86.1 cm³/mol. The van der Waals surface area contributed by atoms with Crippen LogP contribution in [0.15, 0.2) is 35.5 Å². The van der Waals surface area contributed by atoms with Crippen LogP contribution in [0.4, 0.5) is 0 Å². The number of carbonyl (C=O) groups is 2. The summed E-state index contributed by atoms with van der Waals surface area (Å²) in [4.78, 5) is 23.1. The van der Waals surface area contributed by atoms with Gasteiger partial charge in [-0.05, 0) is 24.6 Å². The molecule has 0 heterocycles. The van der Waals surface area contributed by atoms with E-state index >= 15 is 0 Å². The second-order valence-corrected chi connectivity index (χ2v) is 5.79. The number of ketones is 1. The van der Waals surface area contributed by atoms with Crippen LogP contribution < -0.4 is 5.73 Å². The van der Waals surface area contributed by atoms with E-state index in [2.05, 4.69) is 0 Å². The number of hydrogen-bond donors (Lipinski definition) is 1. The second kappa shape index (κ2) is 9.13. The molecule has 22 heavy (non-hydrogen) atoms. The molecule has 116 valence electrons. The molecule has 0 radical (unpaired) electrons. The number of Topliss-reactive ketones (excluding diaryl/α,β-unsaturated/α-hetero) is 1. The summed E-state index contributed by atoms with van der Waals surface area (Å²) in [6.07, 6.45) is 0. The highest BCUT2D eigenvalue weighted by Gasteiger charge is 2.14. The number of nitrogens with two attached hydrogens (primary N) is 1. The third kappa shape index (κ3) is 6.20. The Labute approximate surface area is 138 Å². The number of esters is 1. The molecule has 0 fully saturated rings. The lowest BCUT2D eigenvalue weighted by atomic mass is 10.1. The lowest BCUT2D eigenvalue weighted by Crippen LogP contribution is -2.18. The minimum Gasteiger partial charge on any atom is -0.457 e. The van der Waals surface area contributed by atoms with Gasteiger partial charge in [-0.1, -0.05) is 23.7 Å². The maximum absolute atomic E-state index is 11.6. The summed E-state index contributed by atoms with van der Waals surface area (Å²) < 4.78 is 4.82. The summed E-state index contributed by atoms with van der Waals surface area (Å²) in [5, 5.41) is 9.41. The molecule has 0 saturated carbocycles. The third-order valence-electron chi connectivity index (χ3n) is 2.55. The smallest absolute Gasteiger partial charge is 0.316 e. The van der Waals surface area contributed by atoms with Crippen LogP contribution in [0.25, 0.3) is 0 Å². The van der Waals surface area contributed by atoms with Gasteiger partial charge >= 0.3 is 5.97 Å². The minimum absolute atomic E-state index is 0.112. The summed E-state index contributed by atoms with van der Waals surface area (Å²) in [7, 11) is 0. The standard InChI is InChI=1S/C15H15ClN2O3S/c1-10(18)13(6-17)14(19)7-21-15(20)9-22-8-11-2-4-12(16)5-3-11/h2-5H,7-9,18H2,1H3. The van der Waals surface area contributed by atoms with E-state index in [1.54, 1.807) is 18.2 Å². The molecule has 0 saturated heterocycles. The summed E-state index contributed by atoms with van der Waals surface area (Å²) in [5.74, 6) is -0.368. The average Bonchev–Trinajstić information content (AvgIpc) is 2.47. The van der Waals surface area contributed by atoms with Crippen LogP contribution in [0.3, 0.4) is 0 Å². The Morgan fingerprint density at radius 3 is 2.55 bits per heavy atom. The number of benzene rings is 1. The highest BCUT2D eigenvalue weighted by Crippen LogP contribution is 2.15. The molecule has 0 aliphatic carbocycles. The molecule has 0 unspecified atom stereocenters. The number of allylic oxidation sites excluding steroid dienone is 1. The van der Waals surface area contributed by atoms with Crippen LogP contribution in [-0.2, 0) is 20.1 Å². The Hall–Kier alpha value is -1.97. The zero-order chi connectivity index (χ0) is 16.5. The monoisotopic (exact) mass is 338 g/mol. The molecule has 0 aliphatic heterocycles. The number of thioether (sulfide) groups is 1. The highest BCUT2D eigenvalue weighted by atomic mass is 35.5. The van der Waals surface area contributed by atoms with Gasteiger partial charge < -0.3 is 10.5 Å². The minimum atomic E-state index is -0.599. The zero-order valence-electron chi connectivity index (χ0n) is 12.0. The highest BCUT2D eigenvalue weighted by molar-refractivity contribution is 7.99. The maximum Gasteiger partial charge on any atom is 0.316 e. The topological polar surface area (TPSA) is 93.2 Å². The van der Waals surface area contributed by atoms with Gasteiger partial charge in [-0.3, -0.25) is 9.59 Å². The van der Waals surface area contributed by atoms with Crippen molar-refractivity contribution in [1.82, 2.24) is 0 Å². The van der Waals surface area contributed by atoms with Crippen LogP contribution in [0.1, 0.15) is 12.5 Å². The lowest BCUT2D eigenvalue weighted by molar-refractivity contribution is -0.144. The van der Waals surface area contributed by atoms with Gasteiger partial charge in [0.15, 0.2) is 6.61 Å². The number of rotatable bonds is 7. The largest absolute Gasteiger partial charge is 0.457 e. The van der Waals surface area contributed by atoms with Crippen molar-refractivity contribution in [1.29, 1.82) is 5.26 Å². The first-order valence-corrected chi connectivity index (χ1v) is 7.84. The van der Waals surface area contributed by atoms with Gasteiger partial charge in [0.2, 0.25) is 5.78 Å². The van der Waals surface area contributed by atoms with Crippen LogP contribution in [-0.4, -0.2) is 24.1 Å². The molecule has 2 N–H and O–H groups in total. The molecule has 0 spiro atoms. The van der Waals surface area contributed by atoms with Crippen molar-refractivity contribution in [3.8, 4) is 6.07 Å². The average molecular weight is 339 g/mol. The van der Waals surface area contributed by atoms with Crippen molar-refractivity contribution in [2.45, 2.75) is 12.7 Å². The van der Waals surface area contributed by atoms with Crippen LogP contribution in [0.5, 0.6) is 0 Å². The molecule has 5 nitrogen and oxygen atoms in total. The number of halogens is 1. The van der Waals surface area contributed by atoms with Gasteiger partial charge in [0.05, 0.1) is 5.75 Å². The van der Waals surface area contributed by atoms with Crippen molar-refractivity contribution in [3.63, 3.8) is 0 Å². The second-order valence-electron chi connectivity index (χ2n) is 4.37. The number of nitriles is 1. The van der Waals surface area contributed by atoms with Crippen LogP contribution in [0, 0.1) is 11.3 Å². The van der Waals surface area contributed by atoms with E-state index in [-0.39, 0.29) is 17.0 Å². The fourth-order valence-corrected chi connectivity index (χ4v) is 2.37. The van der Waals surface area contributed by atoms with Crippen LogP contribution >= 0.6 is 23.4 Å². The van der Waals surface area contributed by atoms with E-state index in [1.165, 1.54) is 18.7 Å². The van der Waals surface area contributed by atoms with Crippen molar-refractivity contribution >= 4 is 35.1 Å². The van der Waals surface area contributed by atoms with Gasteiger partial charge in [0.1, 0.15) is 11.6 Å². The quantitative estimate of drug-likeness (QED) is 0.466. The molecule has 1 rings (SSSR count). The summed E-state index contributed by atoms with van der Waals surface area (Å²) >= 11 is 7.14. The van der Waals surface area contributed by atoms with Crippen molar-refractivity contribution in [3.05, 3.63) is 46.1 Å². The molecule has 0 amide bonds. The van der Waals surface area contributed by atoms with Crippen LogP contribution in [0.2, 0.25) is 5.02 Å². The molecule has 0 atom stereocenters. The van der Waals surface area contributed by atoms with E-state index < -0.39 is 18.4 Å². The van der Waals surface area contributed by atoms with E-state index in [4.69, 9.17) is 27.3 Å². The Balaban J connectivity index is 2.32. The molecular weight excluding hydrogens is 324 g/mol. The van der Waals surface area contributed by atoms with Gasteiger partial charge in [-0.15, -0.1) is 11.8 Å². The first kappa shape index (κ1) is 18.1. The van der Waals surface area contributed by atoms with E-state index in [0.29, 0.717) is 10.8 Å². The molecule has 0 aromatic heterocycles. The van der Waals surface area contributed by atoms with Gasteiger partial charge in [-0.25, -0.2) is 0 Å². The maximum atomic E-state index is 11.6. The van der Waals surface area contributed by atoms with E-state index in [9.17, 15) is 9.59 Å². The Morgan fingerprint density at radius 1 is 1.36 bits per heavy atom. The summed E-state index contributed by atoms with van der Waals surface area (Å²) in [5.41, 5.74) is 6.36. The van der Waals surface area contributed by atoms with Crippen molar-refractivity contribution in [2.24, 2.45) is 5.73 Å². The summed E-state index contributed by atoms with van der Waals surface area (Å²) in [6, 6.07) is 8.99. The normalized spacial score (nSPS) is 11.3. The summed E-state index contributed by atoms with van der Waals surface area (Å²) in [6.45, 7) is 0.970. The SMILES string of the molecule is CC(N)=C(C#N)C(=O)COC(=O)CSCc1ccc(Cl)cc1. The Kier molecular flexibility index (Phi) is 7.50. The van der Waals surface area contributed by atoms with Crippen molar-refractivity contribution < 1.29 is 14.3 Å². The molecule has 7 heteroatoms.